The van der Waals surface area contributed by atoms with Crippen molar-refractivity contribution in [1.82, 2.24) is 0 Å². The number of carbonyl (C=O) groups is 1. The van der Waals surface area contributed by atoms with E-state index in [2.05, 4.69) is 5.32 Å². The lowest BCUT2D eigenvalue weighted by Crippen LogP contribution is -2.15. The van der Waals surface area contributed by atoms with Crippen LogP contribution in [0.3, 0.4) is 0 Å². The SMILES string of the molecule is COc1ccc(N)c(NC(=O)c2cc(F)c(Cl)cc2F)c1. The minimum Gasteiger partial charge on any atom is -0.497 e. The van der Waals surface area contributed by atoms with Crippen LogP contribution in [0.2, 0.25) is 5.02 Å². The number of benzene rings is 2. The second-order valence-corrected chi connectivity index (χ2v) is 4.56. The number of rotatable bonds is 3. The molecule has 0 aliphatic heterocycles. The van der Waals surface area contributed by atoms with Gasteiger partial charge in [-0.3, -0.25) is 4.79 Å². The predicted octanol–water partition coefficient (Wildman–Crippen LogP) is 3.46. The highest BCUT2D eigenvalue weighted by Gasteiger charge is 2.16. The summed E-state index contributed by atoms with van der Waals surface area (Å²) >= 11 is 5.43. The van der Waals surface area contributed by atoms with Crippen molar-refractivity contribution in [1.29, 1.82) is 0 Å². The lowest BCUT2D eigenvalue weighted by molar-refractivity contribution is 0.102. The number of nitrogen functional groups attached to an aromatic ring is 1. The second-order valence-electron chi connectivity index (χ2n) is 4.15. The van der Waals surface area contributed by atoms with Gasteiger partial charge in [-0.1, -0.05) is 11.6 Å². The van der Waals surface area contributed by atoms with Gasteiger partial charge in [-0.05, 0) is 24.3 Å². The van der Waals surface area contributed by atoms with E-state index in [0.29, 0.717) is 5.75 Å². The minimum atomic E-state index is -0.930. The molecule has 0 unspecified atom stereocenters. The van der Waals surface area contributed by atoms with Crippen LogP contribution in [0.25, 0.3) is 0 Å². The van der Waals surface area contributed by atoms with Gasteiger partial charge in [-0.2, -0.15) is 0 Å². The molecule has 0 spiro atoms. The van der Waals surface area contributed by atoms with E-state index in [1.54, 1.807) is 6.07 Å². The average Bonchev–Trinajstić information content (AvgIpc) is 2.45. The number of nitrogens with one attached hydrogen (secondary N) is 1. The number of hydrogen-bond acceptors (Lipinski definition) is 3. The van der Waals surface area contributed by atoms with Gasteiger partial charge in [-0.25, -0.2) is 8.78 Å². The molecule has 2 rings (SSSR count). The maximum absolute atomic E-state index is 13.7. The maximum Gasteiger partial charge on any atom is 0.258 e. The summed E-state index contributed by atoms with van der Waals surface area (Å²) in [5.41, 5.74) is 5.72. The number of methoxy groups -OCH3 is 1. The van der Waals surface area contributed by atoms with Crippen LogP contribution in [0.5, 0.6) is 5.75 Å². The van der Waals surface area contributed by atoms with E-state index < -0.39 is 28.1 Å². The highest BCUT2D eigenvalue weighted by Crippen LogP contribution is 2.26. The summed E-state index contributed by atoms with van der Waals surface area (Å²) in [5.74, 6) is -2.20. The molecule has 4 nitrogen and oxygen atoms in total. The fraction of sp³-hybridized carbons (Fsp3) is 0.0714. The topological polar surface area (TPSA) is 64.3 Å². The Balaban J connectivity index is 2.32. The quantitative estimate of drug-likeness (QED) is 0.674. The molecule has 0 aromatic heterocycles. The van der Waals surface area contributed by atoms with E-state index in [0.717, 1.165) is 12.1 Å². The lowest BCUT2D eigenvalue weighted by Gasteiger charge is -2.10. The van der Waals surface area contributed by atoms with E-state index in [4.69, 9.17) is 22.1 Å². The summed E-state index contributed by atoms with van der Waals surface area (Å²) < 4.78 is 32.0. The zero-order valence-electron chi connectivity index (χ0n) is 10.9. The standard InChI is InChI=1S/C14H11ClF2N2O2/c1-21-7-2-3-12(18)13(4-7)19-14(20)8-5-11(17)9(15)6-10(8)16/h2-6H,18H2,1H3,(H,19,20). The number of amides is 1. The first-order valence-corrected chi connectivity index (χ1v) is 6.19. The number of ether oxygens (including phenoxy) is 1. The van der Waals surface area contributed by atoms with Gasteiger partial charge in [0.15, 0.2) is 0 Å². The van der Waals surface area contributed by atoms with Gasteiger partial charge in [-0.15, -0.1) is 0 Å². The third-order valence-corrected chi connectivity index (χ3v) is 3.05. The fourth-order valence-electron chi connectivity index (χ4n) is 1.66. The maximum atomic E-state index is 13.7. The van der Waals surface area contributed by atoms with Gasteiger partial charge in [0.2, 0.25) is 0 Å². The molecule has 2 aromatic carbocycles. The first-order valence-electron chi connectivity index (χ1n) is 5.81. The largest absolute Gasteiger partial charge is 0.497 e. The van der Waals surface area contributed by atoms with Crippen LogP contribution in [0.4, 0.5) is 20.2 Å². The molecule has 0 saturated carbocycles. The Labute approximate surface area is 124 Å². The number of hydrogen-bond donors (Lipinski definition) is 2. The van der Waals surface area contributed by atoms with Crippen molar-refractivity contribution in [2.45, 2.75) is 0 Å². The van der Waals surface area contributed by atoms with E-state index in [-0.39, 0.29) is 11.4 Å². The Hall–Kier alpha value is -2.34. The second kappa shape index (κ2) is 5.97. The van der Waals surface area contributed by atoms with Gasteiger partial charge >= 0.3 is 0 Å². The first-order chi connectivity index (χ1) is 9.92. The fourth-order valence-corrected chi connectivity index (χ4v) is 1.81. The number of anilines is 2. The summed E-state index contributed by atoms with van der Waals surface area (Å²) in [6.07, 6.45) is 0. The molecule has 0 saturated heterocycles. The van der Waals surface area contributed by atoms with E-state index >= 15 is 0 Å². The molecule has 2 aromatic rings. The van der Waals surface area contributed by atoms with Crippen LogP contribution < -0.4 is 15.8 Å². The predicted molar refractivity (Wildman–Crippen MR) is 76.7 cm³/mol. The molecule has 0 atom stereocenters. The summed E-state index contributed by atoms with van der Waals surface area (Å²) in [4.78, 5) is 12.0. The van der Waals surface area contributed by atoms with Crippen molar-refractivity contribution in [3.05, 3.63) is 52.6 Å². The molecular formula is C14H11ClF2N2O2. The van der Waals surface area contributed by atoms with Crippen LogP contribution in [0.15, 0.2) is 30.3 Å². The van der Waals surface area contributed by atoms with Gasteiger partial charge < -0.3 is 15.8 Å². The van der Waals surface area contributed by atoms with Crippen molar-refractivity contribution in [3.8, 4) is 5.75 Å². The molecular weight excluding hydrogens is 302 g/mol. The zero-order chi connectivity index (χ0) is 15.6. The number of carbonyl (C=O) groups excluding carboxylic acids is 1. The summed E-state index contributed by atoms with van der Waals surface area (Å²) in [6.45, 7) is 0. The highest BCUT2D eigenvalue weighted by molar-refractivity contribution is 6.30. The van der Waals surface area contributed by atoms with Crippen LogP contribution >= 0.6 is 11.6 Å². The molecule has 7 heteroatoms. The third-order valence-electron chi connectivity index (χ3n) is 2.76. The van der Waals surface area contributed by atoms with Crippen molar-refractivity contribution in [2.75, 3.05) is 18.2 Å². The van der Waals surface area contributed by atoms with Crippen LogP contribution in [-0.2, 0) is 0 Å². The molecule has 0 aliphatic rings. The molecule has 0 aliphatic carbocycles. The normalized spacial score (nSPS) is 10.3. The van der Waals surface area contributed by atoms with Gasteiger partial charge in [0.25, 0.3) is 5.91 Å². The highest BCUT2D eigenvalue weighted by atomic mass is 35.5. The number of nitrogens with two attached hydrogens (primary N) is 1. The Bertz CT molecular complexity index is 708. The third kappa shape index (κ3) is 3.22. The Morgan fingerprint density at radius 1 is 1.24 bits per heavy atom. The molecule has 0 fully saturated rings. The smallest absolute Gasteiger partial charge is 0.258 e. The summed E-state index contributed by atoms with van der Waals surface area (Å²) in [7, 11) is 1.45. The van der Waals surface area contributed by atoms with E-state index in [1.807, 2.05) is 0 Å². The minimum absolute atomic E-state index is 0.231. The van der Waals surface area contributed by atoms with Gasteiger partial charge in [0, 0.05) is 6.07 Å². The van der Waals surface area contributed by atoms with Crippen LogP contribution in [0, 0.1) is 11.6 Å². The number of halogens is 3. The van der Waals surface area contributed by atoms with Crippen LogP contribution in [-0.4, -0.2) is 13.0 Å². The summed E-state index contributed by atoms with van der Waals surface area (Å²) in [6, 6.07) is 6.06. The summed E-state index contributed by atoms with van der Waals surface area (Å²) in [5, 5.41) is 2.00. The molecule has 21 heavy (non-hydrogen) atoms. The van der Waals surface area contributed by atoms with E-state index in [9.17, 15) is 13.6 Å². The lowest BCUT2D eigenvalue weighted by atomic mass is 10.1. The van der Waals surface area contributed by atoms with Gasteiger partial charge in [0.05, 0.1) is 29.1 Å². The molecule has 0 heterocycles. The zero-order valence-corrected chi connectivity index (χ0v) is 11.7. The Morgan fingerprint density at radius 3 is 2.62 bits per heavy atom. The average molecular weight is 313 g/mol. The Morgan fingerprint density at radius 2 is 1.95 bits per heavy atom. The van der Waals surface area contributed by atoms with Crippen LogP contribution in [0.1, 0.15) is 10.4 Å². The molecule has 0 bridgehead atoms. The Kier molecular flexibility index (Phi) is 4.28. The molecule has 1 amide bonds. The van der Waals surface area contributed by atoms with Crippen molar-refractivity contribution >= 4 is 28.9 Å². The molecule has 3 N–H and O–H groups in total. The molecule has 0 radical (unpaired) electrons. The van der Waals surface area contributed by atoms with Crippen molar-refractivity contribution < 1.29 is 18.3 Å². The monoisotopic (exact) mass is 312 g/mol. The van der Waals surface area contributed by atoms with Gasteiger partial charge in [0.1, 0.15) is 17.4 Å². The van der Waals surface area contributed by atoms with Crippen molar-refractivity contribution in [3.63, 3.8) is 0 Å². The van der Waals surface area contributed by atoms with Crippen molar-refractivity contribution in [2.24, 2.45) is 0 Å². The first kappa shape index (κ1) is 15.1. The van der Waals surface area contributed by atoms with E-state index in [1.165, 1.54) is 19.2 Å². The molecule has 110 valence electrons.